The maximum absolute atomic E-state index is 6.16. The second-order valence-electron chi connectivity index (χ2n) is 6.54. The number of epoxide rings is 2. The van der Waals surface area contributed by atoms with Gasteiger partial charge in [0.1, 0.15) is 36.9 Å². The molecule has 128 valence electrons. The first-order valence-corrected chi connectivity index (χ1v) is 8.88. The molecule has 0 aromatic heterocycles. The van der Waals surface area contributed by atoms with E-state index < -0.39 is 0 Å². The topological polar surface area (TPSA) is 43.5 Å². The van der Waals surface area contributed by atoms with Crippen LogP contribution in [-0.2, 0) is 15.9 Å². The van der Waals surface area contributed by atoms with E-state index in [9.17, 15) is 0 Å². The van der Waals surface area contributed by atoms with Gasteiger partial charge in [-0.05, 0) is 24.5 Å². The lowest BCUT2D eigenvalue weighted by Gasteiger charge is -2.16. The average Bonchev–Trinajstić information content (AvgIpc) is 3.50. The van der Waals surface area contributed by atoms with Gasteiger partial charge in [0.05, 0.1) is 13.2 Å². The molecule has 0 aliphatic carbocycles. The maximum atomic E-state index is 6.16. The van der Waals surface area contributed by atoms with Gasteiger partial charge < -0.3 is 18.9 Å². The summed E-state index contributed by atoms with van der Waals surface area (Å²) in [4.78, 5) is 0. The first kappa shape index (κ1) is 15.7. The molecule has 2 aromatic carbocycles. The molecule has 0 spiro atoms. The zero-order chi connectivity index (χ0) is 16.4. The van der Waals surface area contributed by atoms with Gasteiger partial charge in [0.2, 0.25) is 0 Å². The fourth-order valence-corrected chi connectivity index (χ4v) is 2.89. The summed E-state index contributed by atoms with van der Waals surface area (Å²) in [5, 5.41) is 2.23. The molecule has 0 radical (unpaired) electrons. The van der Waals surface area contributed by atoms with Gasteiger partial charge in [0.15, 0.2) is 0 Å². The molecule has 2 aliphatic heterocycles. The highest BCUT2D eigenvalue weighted by atomic mass is 16.6. The molecule has 2 unspecified atom stereocenters. The van der Waals surface area contributed by atoms with Crippen molar-refractivity contribution in [2.75, 3.05) is 26.4 Å². The smallest absolute Gasteiger partial charge is 0.130 e. The van der Waals surface area contributed by atoms with Crippen molar-refractivity contribution >= 4 is 10.8 Å². The maximum Gasteiger partial charge on any atom is 0.130 e. The lowest BCUT2D eigenvalue weighted by Crippen LogP contribution is -2.07. The minimum absolute atomic E-state index is 0.255. The molecule has 0 amide bonds. The first-order valence-electron chi connectivity index (χ1n) is 8.88. The third kappa shape index (κ3) is 3.65. The average molecular weight is 328 g/mol. The second-order valence-corrected chi connectivity index (χ2v) is 6.54. The third-order valence-corrected chi connectivity index (χ3v) is 4.50. The van der Waals surface area contributed by atoms with E-state index in [1.54, 1.807) is 0 Å². The van der Waals surface area contributed by atoms with Gasteiger partial charge in [-0.2, -0.15) is 0 Å². The molecule has 0 N–H and O–H groups in total. The number of hydrogen-bond acceptors (Lipinski definition) is 4. The second kappa shape index (κ2) is 6.99. The van der Waals surface area contributed by atoms with Crippen molar-refractivity contribution in [2.45, 2.75) is 38.4 Å². The normalized spacial score (nSPS) is 21.7. The van der Waals surface area contributed by atoms with E-state index in [-0.39, 0.29) is 12.2 Å². The third-order valence-electron chi connectivity index (χ3n) is 4.50. The van der Waals surface area contributed by atoms with Crippen LogP contribution in [0.5, 0.6) is 11.5 Å². The number of fused-ring (bicyclic) bond motifs is 1. The van der Waals surface area contributed by atoms with Crippen molar-refractivity contribution in [3.05, 3.63) is 35.9 Å². The SMILES string of the molecule is CCCCc1ccc2c(OCC3CO3)cccc2c1OCC1CO1. The van der Waals surface area contributed by atoms with Crippen LogP contribution in [0.4, 0.5) is 0 Å². The first-order chi connectivity index (χ1) is 11.8. The van der Waals surface area contributed by atoms with Crippen molar-refractivity contribution in [1.82, 2.24) is 0 Å². The van der Waals surface area contributed by atoms with Crippen molar-refractivity contribution in [3.63, 3.8) is 0 Å². The lowest BCUT2D eigenvalue weighted by atomic mass is 10.0. The van der Waals surface area contributed by atoms with Gasteiger partial charge in [0, 0.05) is 10.8 Å². The largest absolute Gasteiger partial charge is 0.490 e. The predicted molar refractivity (Wildman–Crippen MR) is 93.0 cm³/mol. The fraction of sp³-hybridized carbons (Fsp3) is 0.500. The van der Waals surface area contributed by atoms with Gasteiger partial charge in [-0.25, -0.2) is 0 Å². The molecule has 0 saturated carbocycles. The minimum Gasteiger partial charge on any atom is -0.490 e. The van der Waals surface area contributed by atoms with Crippen LogP contribution in [0.2, 0.25) is 0 Å². The Morgan fingerprint density at radius 1 is 0.958 bits per heavy atom. The number of rotatable bonds is 9. The van der Waals surface area contributed by atoms with Crippen molar-refractivity contribution in [2.24, 2.45) is 0 Å². The molecule has 4 nitrogen and oxygen atoms in total. The molecular formula is C20H24O4. The Kier molecular flexibility index (Phi) is 4.58. The summed E-state index contributed by atoms with van der Waals surface area (Å²) in [5.74, 6) is 1.89. The standard InChI is InChI=1S/C20H24O4/c1-2-3-5-14-8-9-17-18(20(14)24-13-16-11-22-16)6-4-7-19(17)23-12-15-10-21-15/h4,6-9,15-16H,2-3,5,10-13H2,1H3. The van der Waals surface area contributed by atoms with Crippen LogP contribution in [0.3, 0.4) is 0 Å². The summed E-state index contributed by atoms with van der Waals surface area (Å²) < 4.78 is 22.6. The highest BCUT2D eigenvalue weighted by Crippen LogP contribution is 2.36. The Morgan fingerprint density at radius 3 is 2.42 bits per heavy atom. The van der Waals surface area contributed by atoms with Crippen LogP contribution in [0.15, 0.2) is 30.3 Å². The van der Waals surface area contributed by atoms with Crippen molar-refractivity contribution in [1.29, 1.82) is 0 Å². The summed E-state index contributed by atoms with van der Waals surface area (Å²) >= 11 is 0. The number of unbranched alkanes of at least 4 members (excludes halogenated alkanes) is 1. The van der Waals surface area contributed by atoms with Gasteiger partial charge in [0.25, 0.3) is 0 Å². The van der Waals surface area contributed by atoms with Crippen LogP contribution in [-0.4, -0.2) is 38.6 Å². The van der Waals surface area contributed by atoms with E-state index in [2.05, 4.69) is 25.1 Å². The Hall–Kier alpha value is -1.78. The highest BCUT2D eigenvalue weighted by molar-refractivity contribution is 5.94. The summed E-state index contributed by atoms with van der Waals surface area (Å²) in [7, 11) is 0. The zero-order valence-corrected chi connectivity index (χ0v) is 14.1. The lowest BCUT2D eigenvalue weighted by molar-refractivity contribution is 0.262. The Labute approximate surface area is 142 Å². The predicted octanol–water partition coefficient (Wildman–Crippen LogP) is 3.74. The summed E-state index contributed by atoms with van der Waals surface area (Å²) in [6, 6.07) is 10.5. The van der Waals surface area contributed by atoms with Crippen molar-refractivity contribution in [3.8, 4) is 11.5 Å². The molecule has 2 heterocycles. The number of hydrogen-bond donors (Lipinski definition) is 0. The molecule has 2 aliphatic rings. The fourth-order valence-electron chi connectivity index (χ4n) is 2.89. The van der Waals surface area contributed by atoms with Crippen LogP contribution in [0.25, 0.3) is 10.8 Å². The van der Waals surface area contributed by atoms with Crippen LogP contribution >= 0.6 is 0 Å². The quantitative estimate of drug-likeness (QED) is 0.658. The number of ether oxygens (including phenoxy) is 4. The van der Waals surface area contributed by atoms with Crippen LogP contribution < -0.4 is 9.47 Å². The molecule has 2 aromatic rings. The van der Waals surface area contributed by atoms with Crippen LogP contribution in [0.1, 0.15) is 25.3 Å². The molecular weight excluding hydrogens is 304 g/mol. The van der Waals surface area contributed by atoms with E-state index in [1.807, 2.05) is 12.1 Å². The van der Waals surface area contributed by atoms with Crippen molar-refractivity contribution < 1.29 is 18.9 Å². The van der Waals surface area contributed by atoms with Crippen LogP contribution in [0, 0.1) is 0 Å². The van der Waals surface area contributed by atoms with Gasteiger partial charge in [-0.1, -0.05) is 37.6 Å². The zero-order valence-electron chi connectivity index (χ0n) is 14.1. The van der Waals surface area contributed by atoms with Gasteiger partial charge >= 0.3 is 0 Å². The van der Waals surface area contributed by atoms with E-state index in [1.165, 1.54) is 12.0 Å². The molecule has 4 heteroatoms. The summed E-state index contributed by atoms with van der Waals surface area (Å²) in [5.41, 5.74) is 1.27. The minimum atomic E-state index is 0.255. The monoisotopic (exact) mass is 328 g/mol. The number of benzene rings is 2. The Balaban J connectivity index is 1.65. The molecule has 4 rings (SSSR count). The summed E-state index contributed by atoms with van der Waals surface area (Å²) in [6.45, 7) is 5.07. The number of aryl methyl sites for hydroxylation is 1. The molecule has 2 atom stereocenters. The summed E-state index contributed by atoms with van der Waals surface area (Å²) in [6.07, 6.45) is 3.89. The van der Waals surface area contributed by atoms with Gasteiger partial charge in [-0.3, -0.25) is 0 Å². The molecule has 24 heavy (non-hydrogen) atoms. The van der Waals surface area contributed by atoms with E-state index in [0.29, 0.717) is 13.2 Å². The van der Waals surface area contributed by atoms with E-state index >= 15 is 0 Å². The van der Waals surface area contributed by atoms with Gasteiger partial charge in [-0.15, -0.1) is 0 Å². The molecule has 0 bridgehead atoms. The highest BCUT2D eigenvalue weighted by Gasteiger charge is 2.25. The van der Waals surface area contributed by atoms with E-state index in [4.69, 9.17) is 18.9 Å². The van der Waals surface area contributed by atoms with E-state index in [0.717, 1.165) is 48.3 Å². The molecule has 2 saturated heterocycles. The Morgan fingerprint density at radius 2 is 1.71 bits per heavy atom. The Bertz CT molecular complexity index is 704. The molecule has 2 fully saturated rings.